The quantitative estimate of drug-likeness (QED) is 0.447. The molecule has 0 unspecified atom stereocenters. The van der Waals surface area contributed by atoms with Crippen molar-refractivity contribution in [2.75, 3.05) is 33.4 Å². The molecule has 1 rings (SSSR count). The van der Waals surface area contributed by atoms with Gasteiger partial charge < -0.3 is 19.4 Å². The third-order valence-corrected chi connectivity index (χ3v) is 3.42. The van der Waals surface area contributed by atoms with E-state index in [1.807, 2.05) is 13.0 Å². The molecule has 126 valence electrons. The molecule has 1 N–H and O–H groups in total. The zero-order valence-corrected chi connectivity index (χ0v) is 14.1. The molecule has 0 atom stereocenters. The highest BCUT2D eigenvalue weighted by atomic mass is 16.6. The van der Waals surface area contributed by atoms with Gasteiger partial charge in [0.15, 0.2) is 0 Å². The smallest absolute Gasteiger partial charge is 0.340 e. The highest BCUT2D eigenvalue weighted by molar-refractivity contribution is 6.00. The first-order chi connectivity index (χ1) is 11.0. The summed E-state index contributed by atoms with van der Waals surface area (Å²) >= 11 is 0. The van der Waals surface area contributed by atoms with E-state index in [9.17, 15) is 9.59 Å². The third-order valence-electron chi connectivity index (χ3n) is 3.42. The number of hydrogen-bond donors (Lipinski definition) is 1. The van der Waals surface area contributed by atoms with Gasteiger partial charge in [0, 0.05) is 19.3 Å². The van der Waals surface area contributed by atoms with Crippen LogP contribution in [0.3, 0.4) is 0 Å². The van der Waals surface area contributed by atoms with Gasteiger partial charge in [-0.25, -0.2) is 4.79 Å². The number of nitrogens with zero attached hydrogens (tertiary/aromatic N) is 2. The Morgan fingerprint density at radius 2 is 2.00 bits per heavy atom. The Bertz CT molecular complexity index is 601. The van der Waals surface area contributed by atoms with Gasteiger partial charge in [0.25, 0.3) is 5.91 Å². The molecular weight excluding hydrogens is 298 g/mol. The maximum atomic E-state index is 12.6. The lowest BCUT2D eigenvalue weighted by Crippen LogP contribution is -2.32. The first kappa shape index (κ1) is 18.7. The molecule has 1 aromatic heterocycles. The van der Waals surface area contributed by atoms with Gasteiger partial charge in [0.05, 0.1) is 18.2 Å². The van der Waals surface area contributed by atoms with Crippen LogP contribution in [0.2, 0.25) is 0 Å². The summed E-state index contributed by atoms with van der Waals surface area (Å²) in [6.07, 6.45) is 0.748. The second-order valence-electron chi connectivity index (χ2n) is 5.14. The number of esters is 1. The molecule has 0 spiro atoms. The maximum absolute atomic E-state index is 12.6. The average Bonchev–Trinajstić information content (AvgIpc) is 2.81. The van der Waals surface area contributed by atoms with Crippen molar-refractivity contribution in [3.05, 3.63) is 22.5 Å². The number of ether oxygens (including phenoxy) is 2. The van der Waals surface area contributed by atoms with Crippen LogP contribution in [-0.2, 0) is 9.47 Å². The highest BCUT2D eigenvalue weighted by Crippen LogP contribution is 2.20. The number of carbonyl (C=O) groups is 2. The Morgan fingerprint density at radius 1 is 1.30 bits per heavy atom. The lowest BCUT2D eigenvalue weighted by molar-refractivity contribution is 0.0387. The van der Waals surface area contributed by atoms with Gasteiger partial charge in [-0.3, -0.25) is 4.79 Å². The van der Waals surface area contributed by atoms with Crippen molar-refractivity contribution in [3.63, 3.8) is 0 Å². The molecule has 0 saturated carbocycles. The van der Waals surface area contributed by atoms with Crippen molar-refractivity contribution in [3.8, 4) is 6.07 Å². The highest BCUT2D eigenvalue weighted by Gasteiger charge is 2.25. The van der Waals surface area contributed by atoms with Gasteiger partial charge in [0.1, 0.15) is 18.8 Å². The van der Waals surface area contributed by atoms with E-state index >= 15 is 0 Å². The number of aromatic amines is 1. The molecule has 0 aliphatic carbocycles. The van der Waals surface area contributed by atoms with Crippen molar-refractivity contribution >= 4 is 11.9 Å². The van der Waals surface area contributed by atoms with Crippen LogP contribution in [0.4, 0.5) is 0 Å². The number of nitriles is 1. The molecule has 23 heavy (non-hydrogen) atoms. The summed E-state index contributed by atoms with van der Waals surface area (Å²) in [7, 11) is 1.52. The Morgan fingerprint density at radius 3 is 2.57 bits per heavy atom. The Kier molecular flexibility index (Phi) is 7.29. The van der Waals surface area contributed by atoms with Gasteiger partial charge >= 0.3 is 5.97 Å². The minimum absolute atomic E-state index is 0.0117. The summed E-state index contributed by atoms with van der Waals surface area (Å²) < 4.78 is 9.96. The van der Waals surface area contributed by atoms with Gasteiger partial charge in [-0.1, -0.05) is 6.92 Å². The summed E-state index contributed by atoms with van der Waals surface area (Å²) in [5.41, 5.74) is 1.79. The van der Waals surface area contributed by atoms with Crippen molar-refractivity contribution < 1.29 is 19.1 Å². The number of carbonyl (C=O) groups excluding carboxylic acids is 2. The molecule has 0 saturated heterocycles. The number of rotatable bonds is 8. The van der Waals surface area contributed by atoms with Crippen LogP contribution in [-0.4, -0.2) is 55.2 Å². The summed E-state index contributed by atoms with van der Waals surface area (Å²) in [5, 5.41) is 8.86. The monoisotopic (exact) mass is 321 g/mol. The van der Waals surface area contributed by atoms with Crippen LogP contribution in [0.1, 0.15) is 45.4 Å². The minimum Gasteiger partial charge on any atom is -0.460 e. The number of amides is 1. The molecule has 0 fully saturated rings. The van der Waals surface area contributed by atoms with Crippen LogP contribution in [0.5, 0.6) is 0 Å². The molecule has 7 heteroatoms. The molecule has 1 amide bonds. The standard InChI is InChI=1S/C16H23N3O4/c1-5-7-19(8-6-17)15(20)14-11(2)13(12(3)18-14)16(21)23-10-9-22-4/h18H,5,7-10H2,1-4H3. The third kappa shape index (κ3) is 4.57. The first-order valence-electron chi connectivity index (χ1n) is 7.49. The van der Waals surface area contributed by atoms with Crippen molar-refractivity contribution in [1.29, 1.82) is 5.26 Å². The van der Waals surface area contributed by atoms with Crippen LogP contribution in [0.15, 0.2) is 0 Å². The zero-order valence-electron chi connectivity index (χ0n) is 14.1. The number of methoxy groups -OCH3 is 1. The van der Waals surface area contributed by atoms with Crippen LogP contribution in [0, 0.1) is 25.2 Å². The van der Waals surface area contributed by atoms with Gasteiger partial charge in [0.2, 0.25) is 0 Å². The fourth-order valence-electron chi connectivity index (χ4n) is 2.33. The van der Waals surface area contributed by atoms with E-state index in [4.69, 9.17) is 14.7 Å². The molecular formula is C16H23N3O4. The molecule has 0 aromatic carbocycles. The topological polar surface area (TPSA) is 95.4 Å². The minimum atomic E-state index is -0.491. The normalized spacial score (nSPS) is 10.2. The Balaban J connectivity index is 3.02. The molecule has 0 radical (unpaired) electrons. The summed E-state index contributed by atoms with van der Waals surface area (Å²) in [6.45, 7) is 6.30. The van der Waals surface area contributed by atoms with Crippen LogP contribution in [0.25, 0.3) is 0 Å². The van der Waals surface area contributed by atoms with Crippen LogP contribution < -0.4 is 0 Å². The number of hydrogen-bond acceptors (Lipinski definition) is 5. The van der Waals surface area contributed by atoms with E-state index in [0.29, 0.717) is 35.7 Å². The van der Waals surface area contributed by atoms with Crippen molar-refractivity contribution in [1.82, 2.24) is 9.88 Å². The van der Waals surface area contributed by atoms with E-state index in [1.54, 1.807) is 13.8 Å². The maximum Gasteiger partial charge on any atom is 0.340 e. The SMILES string of the molecule is CCCN(CC#N)C(=O)c1[nH]c(C)c(C(=O)OCCOC)c1C. The second-order valence-corrected chi connectivity index (χ2v) is 5.14. The van der Waals surface area contributed by atoms with Crippen molar-refractivity contribution in [2.24, 2.45) is 0 Å². The van der Waals surface area contributed by atoms with Crippen LogP contribution >= 0.6 is 0 Å². The average molecular weight is 321 g/mol. The van der Waals surface area contributed by atoms with E-state index < -0.39 is 5.97 Å². The van der Waals surface area contributed by atoms with Gasteiger partial charge in [-0.05, 0) is 25.8 Å². The molecule has 0 aliphatic rings. The first-order valence-corrected chi connectivity index (χ1v) is 7.49. The summed E-state index contributed by atoms with van der Waals surface area (Å²) in [6, 6.07) is 1.99. The fraction of sp³-hybridized carbons (Fsp3) is 0.562. The number of aryl methyl sites for hydroxylation is 1. The van der Waals surface area contributed by atoms with E-state index in [-0.39, 0.29) is 19.1 Å². The fourth-order valence-corrected chi connectivity index (χ4v) is 2.33. The summed E-state index contributed by atoms with van der Waals surface area (Å²) in [4.78, 5) is 29.1. The largest absolute Gasteiger partial charge is 0.460 e. The molecule has 1 heterocycles. The summed E-state index contributed by atoms with van der Waals surface area (Å²) in [5.74, 6) is -0.778. The number of nitrogens with one attached hydrogen (secondary N) is 1. The number of aromatic nitrogens is 1. The zero-order chi connectivity index (χ0) is 17.4. The van der Waals surface area contributed by atoms with Gasteiger partial charge in [-0.15, -0.1) is 0 Å². The molecule has 1 aromatic rings. The predicted octanol–water partition coefficient (Wildman–Crippen LogP) is 1.81. The predicted molar refractivity (Wildman–Crippen MR) is 84.2 cm³/mol. The Hall–Kier alpha value is -2.33. The molecule has 0 aliphatic heterocycles. The number of H-pyrrole nitrogens is 1. The molecule has 0 bridgehead atoms. The lowest BCUT2D eigenvalue weighted by atomic mass is 10.1. The van der Waals surface area contributed by atoms with E-state index in [2.05, 4.69) is 4.98 Å². The Labute approximate surface area is 136 Å². The van der Waals surface area contributed by atoms with Gasteiger partial charge in [-0.2, -0.15) is 5.26 Å². The lowest BCUT2D eigenvalue weighted by Gasteiger charge is -2.18. The van der Waals surface area contributed by atoms with E-state index in [1.165, 1.54) is 12.0 Å². The van der Waals surface area contributed by atoms with E-state index in [0.717, 1.165) is 6.42 Å². The molecule has 7 nitrogen and oxygen atoms in total. The van der Waals surface area contributed by atoms with Crippen molar-refractivity contribution in [2.45, 2.75) is 27.2 Å². The second kappa shape index (κ2) is 8.96.